The van der Waals surface area contributed by atoms with Crippen LogP contribution in [0.1, 0.15) is 21.6 Å². The van der Waals surface area contributed by atoms with Crippen molar-refractivity contribution in [2.45, 2.75) is 12.6 Å². The topological polar surface area (TPSA) is 117 Å². The predicted molar refractivity (Wildman–Crippen MR) is 138 cm³/mol. The van der Waals surface area contributed by atoms with Gasteiger partial charge in [-0.2, -0.15) is 20.0 Å². The number of anilines is 1. The van der Waals surface area contributed by atoms with Crippen LogP contribution in [0.3, 0.4) is 0 Å². The summed E-state index contributed by atoms with van der Waals surface area (Å²) in [4.78, 5) is 22.4. The maximum Gasteiger partial charge on any atom is 0.270 e. The minimum absolute atomic E-state index is 0.211. The van der Waals surface area contributed by atoms with Crippen LogP contribution in [0.25, 0.3) is 17.0 Å². The van der Waals surface area contributed by atoms with Crippen molar-refractivity contribution < 1.29 is 9.53 Å². The highest BCUT2D eigenvalue weighted by molar-refractivity contribution is 5.93. The summed E-state index contributed by atoms with van der Waals surface area (Å²) in [7, 11) is 5.67. The highest BCUT2D eigenvalue weighted by Gasteiger charge is 2.27. The van der Waals surface area contributed by atoms with E-state index in [0.29, 0.717) is 30.1 Å². The lowest BCUT2D eigenvalue weighted by Crippen LogP contribution is -2.53. The van der Waals surface area contributed by atoms with Crippen molar-refractivity contribution in [2.75, 3.05) is 45.3 Å². The molecule has 1 saturated heterocycles. The number of carbonyl (C=O) groups excluding carboxylic acids is 1. The van der Waals surface area contributed by atoms with E-state index in [-0.39, 0.29) is 11.9 Å². The first-order valence-corrected chi connectivity index (χ1v) is 12.1. The Kier molecular flexibility index (Phi) is 6.85. The van der Waals surface area contributed by atoms with Gasteiger partial charge in [0.05, 0.1) is 30.0 Å². The first-order chi connectivity index (χ1) is 18.0. The fourth-order valence-corrected chi connectivity index (χ4v) is 4.55. The van der Waals surface area contributed by atoms with Crippen LogP contribution in [-0.4, -0.2) is 81.6 Å². The molecule has 0 spiro atoms. The Morgan fingerprint density at radius 1 is 1.19 bits per heavy atom. The predicted octanol–water partition coefficient (Wildman–Crippen LogP) is 1.70. The zero-order valence-electron chi connectivity index (χ0n) is 21.1. The van der Waals surface area contributed by atoms with Gasteiger partial charge in [0, 0.05) is 58.7 Å². The van der Waals surface area contributed by atoms with E-state index in [2.05, 4.69) is 38.3 Å². The number of nitrogens with one attached hydrogen (secondary N) is 1. The molecule has 0 radical (unpaired) electrons. The smallest absolute Gasteiger partial charge is 0.270 e. The molecule has 1 N–H and O–H groups in total. The standard InChI is InChI=1S/C26H29N9O2/c1-32-10-11-34(16-20(32)17-37-3)25-13-22(26(36)28-15-19-6-4-18(14-27)5-7-19)30-24-12-21(31-35(24)25)23-8-9-29-33(23)2/h4-9,12-13,20H,10-11,15-17H2,1-3H3,(H,28,36). The van der Waals surface area contributed by atoms with E-state index in [1.165, 1.54) is 0 Å². The van der Waals surface area contributed by atoms with Gasteiger partial charge in [-0.1, -0.05) is 12.1 Å². The zero-order chi connectivity index (χ0) is 25.9. The third-order valence-corrected chi connectivity index (χ3v) is 6.72. The highest BCUT2D eigenvalue weighted by atomic mass is 16.5. The molecule has 4 aromatic rings. The van der Waals surface area contributed by atoms with E-state index in [0.717, 1.165) is 42.4 Å². The number of aryl methyl sites for hydroxylation is 1. The van der Waals surface area contributed by atoms with Crippen molar-refractivity contribution in [3.05, 3.63) is 65.5 Å². The van der Waals surface area contributed by atoms with Gasteiger partial charge >= 0.3 is 0 Å². The van der Waals surface area contributed by atoms with Crippen LogP contribution in [0, 0.1) is 11.3 Å². The summed E-state index contributed by atoms with van der Waals surface area (Å²) < 4.78 is 9.01. The van der Waals surface area contributed by atoms with Crippen LogP contribution in [0.4, 0.5) is 5.82 Å². The van der Waals surface area contributed by atoms with Crippen LogP contribution >= 0.6 is 0 Å². The largest absolute Gasteiger partial charge is 0.383 e. The van der Waals surface area contributed by atoms with E-state index in [9.17, 15) is 4.79 Å². The number of hydrogen-bond acceptors (Lipinski definition) is 8. The summed E-state index contributed by atoms with van der Waals surface area (Å²) in [5, 5.41) is 21.1. The first kappa shape index (κ1) is 24.4. The van der Waals surface area contributed by atoms with Crippen LogP contribution in [0.15, 0.2) is 48.7 Å². The molecule has 0 aliphatic carbocycles. The fraction of sp³-hybridized carbons (Fsp3) is 0.346. The fourth-order valence-electron chi connectivity index (χ4n) is 4.55. The maximum atomic E-state index is 13.2. The molecule has 5 rings (SSSR count). The number of carbonyl (C=O) groups is 1. The molecule has 0 saturated carbocycles. The Balaban J connectivity index is 1.49. The molecule has 3 aromatic heterocycles. The Labute approximate surface area is 214 Å². The molecule has 1 amide bonds. The molecule has 4 heterocycles. The van der Waals surface area contributed by atoms with E-state index >= 15 is 0 Å². The number of methoxy groups -OCH3 is 1. The summed E-state index contributed by atoms with van der Waals surface area (Å²) >= 11 is 0. The summed E-state index contributed by atoms with van der Waals surface area (Å²) in [5.74, 6) is 0.523. The lowest BCUT2D eigenvalue weighted by molar-refractivity contribution is 0.0945. The number of likely N-dealkylation sites (N-methyl/N-ethyl adjacent to an activating group) is 1. The lowest BCUT2D eigenvalue weighted by atomic mass is 10.1. The number of rotatable bonds is 7. The number of nitriles is 1. The summed E-state index contributed by atoms with van der Waals surface area (Å²) in [6, 6.07) is 15.0. The molecular weight excluding hydrogens is 470 g/mol. The molecule has 1 aliphatic rings. The minimum Gasteiger partial charge on any atom is -0.383 e. The second-order valence-corrected chi connectivity index (χ2v) is 9.17. The van der Waals surface area contributed by atoms with Gasteiger partial charge in [-0.15, -0.1) is 0 Å². The number of ether oxygens (including phenoxy) is 1. The van der Waals surface area contributed by atoms with Crippen molar-refractivity contribution in [1.82, 2.24) is 34.6 Å². The van der Waals surface area contributed by atoms with Crippen molar-refractivity contribution >= 4 is 17.4 Å². The monoisotopic (exact) mass is 499 g/mol. The summed E-state index contributed by atoms with van der Waals surface area (Å²) in [6.07, 6.45) is 1.73. The van der Waals surface area contributed by atoms with Gasteiger partial charge in [0.15, 0.2) is 5.65 Å². The normalized spacial score (nSPS) is 16.2. The number of amides is 1. The maximum absolute atomic E-state index is 13.2. The number of hydrogen-bond donors (Lipinski definition) is 1. The molecule has 0 bridgehead atoms. The van der Waals surface area contributed by atoms with Crippen LogP contribution < -0.4 is 10.2 Å². The molecule has 1 atom stereocenters. The van der Waals surface area contributed by atoms with Crippen molar-refractivity contribution in [3.8, 4) is 17.5 Å². The van der Waals surface area contributed by atoms with Gasteiger partial charge in [-0.3, -0.25) is 14.4 Å². The number of benzene rings is 1. The molecule has 190 valence electrons. The second-order valence-electron chi connectivity index (χ2n) is 9.17. The highest BCUT2D eigenvalue weighted by Crippen LogP contribution is 2.25. The summed E-state index contributed by atoms with van der Waals surface area (Å²) in [5.41, 5.74) is 3.97. The van der Waals surface area contributed by atoms with Crippen molar-refractivity contribution in [2.24, 2.45) is 7.05 Å². The Morgan fingerprint density at radius 3 is 2.70 bits per heavy atom. The minimum atomic E-state index is -0.279. The molecular formula is C26H29N9O2. The Morgan fingerprint density at radius 2 is 2.00 bits per heavy atom. The molecule has 37 heavy (non-hydrogen) atoms. The van der Waals surface area contributed by atoms with Gasteiger partial charge in [0.2, 0.25) is 0 Å². The zero-order valence-corrected chi connectivity index (χ0v) is 21.1. The Bertz CT molecular complexity index is 1450. The molecule has 1 unspecified atom stereocenters. The van der Waals surface area contributed by atoms with Crippen LogP contribution in [-0.2, 0) is 18.3 Å². The second kappa shape index (κ2) is 10.4. The van der Waals surface area contributed by atoms with Gasteiger partial charge in [0.25, 0.3) is 5.91 Å². The van der Waals surface area contributed by atoms with E-state index in [1.807, 2.05) is 31.3 Å². The van der Waals surface area contributed by atoms with Crippen molar-refractivity contribution in [1.29, 1.82) is 5.26 Å². The van der Waals surface area contributed by atoms with Crippen molar-refractivity contribution in [3.63, 3.8) is 0 Å². The SMILES string of the molecule is COCC1CN(c2cc(C(=O)NCc3ccc(C#N)cc3)nc3cc(-c4ccnn4C)nn23)CCN1C. The van der Waals surface area contributed by atoms with Crippen LogP contribution in [0.2, 0.25) is 0 Å². The summed E-state index contributed by atoms with van der Waals surface area (Å²) in [6.45, 7) is 3.31. The average molecular weight is 500 g/mol. The molecule has 1 fully saturated rings. The quantitative estimate of drug-likeness (QED) is 0.408. The number of aromatic nitrogens is 5. The van der Waals surface area contributed by atoms with Gasteiger partial charge in [-0.05, 0) is 30.8 Å². The molecule has 11 nitrogen and oxygen atoms in total. The number of fused-ring (bicyclic) bond motifs is 1. The molecule has 11 heteroatoms. The lowest BCUT2D eigenvalue weighted by Gasteiger charge is -2.40. The first-order valence-electron chi connectivity index (χ1n) is 12.1. The molecule has 1 aromatic carbocycles. The van der Waals surface area contributed by atoms with E-state index in [4.69, 9.17) is 15.1 Å². The third-order valence-electron chi connectivity index (χ3n) is 6.72. The number of piperazine rings is 1. The number of nitrogens with zero attached hydrogens (tertiary/aromatic N) is 8. The third kappa shape index (κ3) is 5.02. The van der Waals surface area contributed by atoms with Gasteiger partial charge in [-0.25, -0.2) is 4.98 Å². The van der Waals surface area contributed by atoms with Crippen LogP contribution in [0.5, 0.6) is 0 Å². The Hall–Kier alpha value is -4.27. The molecule has 1 aliphatic heterocycles. The van der Waals surface area contributed by atoms with Gasteiger partial charge < -0.3 is 15.0 Å². The van der Waals surface area contributed by atoms with E-state index in [1.54, 1.807) is 40.7 Å². The van der Waals surface area contributed by atoms with E-state index < -0.39 is 0 Å². The average Bonchev–Trinajstić information content (AvgIpc) is 3.54. The van der Waals surface area contributed by atoms with Gasteiger partial charge in [0.1, 0.15) is 17.2 Å².